The monoisotopic (exact) mass is 551 g/mol. The smallest absolute Gasteiger partial charge is 0.251 e. The van der Waals surface area contributed by atoms with Gasteiger partial charge in [0.15, 0.2) is 0 Å². The fraction of sp³-hybridized carbons (Fsp3) is 0.367. The molecule has 208 valence electrons. The number of hydrogen-bond acceptors (Lipinski definition) is 6. The Morgan fingerprint density at radius 1 is 1.05 bits per heavy atom. The number of carbonyl (C=O) groups is 1. The fourth-order valence-corrected chi connectivity index (χ4v) is 5.64. The predicted octanol–water partition coefficient (Wildman–Crippen LogP) is 4.44. The van der Waals surface area contributed by atoms with Crippen molar-refractivity contribution in [2.45, 2.75) is 50.6 Å². The number of sulfonamides is 1. The van der Waals surface area contributed by atoms with E-state index in [1.807, 2.05) is 55.5 Å². The van der Waals surface area contributed by atoms with Gasteiger partial charge in [-0.15, -0.1) is 0 Å². The van der Waals surface area contributed by atoms with Gasteiger partial charge in [-0.3, -0.25) is 14.4 Å². The summed E-state index contributed by atoms with van der Waals surface area (Å²) in [4.78, 5) is 15.6. The molecule has 1 aliphatic rings. The molecule has 3 aromatic carbocycles. The van der Waals surface area contributed by atoms with Crippen LogP contribution in [0.15, 0.2) is 78.9 Å². The minimum Gasteiger partial charge on any atom is -0.497 e. The number of carbonyl (C=O) groups excluding carboxylic acids is 1. The Morgan fingerprint density at radius 3 is 2.54 bits per heavy atom. The molecular formula is C30H37N3O5S. The van der Waals surface area contributed by atoms with Crippen LogP contribution in [0.3, 0.4) is 0 Å². The third-order valence-electron chi connectivity index (χ3n) is 7.00. The molecule has 9 heteroatoms. The molecule has 1 aliphatic heterocycles. The maximum absolute atomic E-state index is 13.4. The lowest BCUT2D eigenvalue weighted by molar-refractivity contribution is 0.0599. The van der Waals surface area contributed by atoms with Crippen LogP contribution >= 0.6 is 0 Å². The summed E-state index contributed by atoms with van der Waals surface area (Å²) >= 11 is 0. The van der Waals surface area contributed by atoms with Gasteiger partial charge in [-0.1, -0.05) is 55.5 Å². The average molecular weight is 552 g/mol. The van der Waals surface area contributed by atoms with Crippen molar-refractivity contribution in [3.05, 3.63) is 95.6 Å². The first-order valence-electron chi connectivity index (χ1n) is 13.2. The Morgan fingerprint density at radius 2 is 1.79 bits per heavy atom. The van der Waals surface area contributed by atoms with Crippen molar-refractivity contribution < 1.29 is 22.7 Å². The summed E-state index contributed by atoms with van der Waals surface area (Å²) in [6, 6.07) is 24.2. The highest BCUT2D eigenvalue weighted by molar-refractivity contribution is 7.93. The van der Waals surface area contributed by atoms with Crippen LogP contribution in [0.4, 0.5) is 5.69 Å². The van der Waals surface area contributed by atoms with Gasteiger partial charge in [-0.2, -0.15) is 0 Å². The van der Waals surface area contributed by atoms with Crippen molar-refractivity contribution in [1.29, 1.82) is 0 Å². The molecule has 1 amide bonds. The molecule has 0 aliphatic carbocycles. The molecule has 3 aromatic rings. The Balaban J connectivity index is 1.47. The molecule has 39 heavy (non-hydrogen) atoms. The van der Waals surface area contributed by atoms with Crippen molar-refractivity contribution in [3.63, 3.8) is 0 Å². The average Bonchev–Trinajstić information content (AvgIpc) is 3.41. The molecule has 8 nitrogen and oxygen atoms in total. The number of ether oxygens (including phenoxy) is 2. The van der Waals surface area contributed by atoms with E-state index in [-0.39, 0.29) is 18.1 Å². The van der Waals surface area contributed by atoms with Crippen LogP contribution in [-0.4, -0.2) is 57.0 Å². The highest BCUT2D eigenvalue weighted by atomic mass is 32.2. The van der Waals surface area contributed by atoms with Crippen LogP contribution in [-0.2, 0) is 27.7 Å². The van der Waals surface area contributed by atoms with E-state index in [9.17, 15) is 13.2 Å². The quantitative estimate of drug-likeness (QED) is 0.346. The van der Waals surface area contributed by atoms with Crippen LogP contribution in [0, 0.1) is 0 Å². The first-order chi connectivity index (χ1) is 18.8. The van der Waals surface area contributed by atoms with E-state index in [1.165, 1.54) is 0 Å². The number of rotatable bonds is 12. The zero-order valence-electron chi connectivity index (χ0n) is 22.7. The maximum atomic E-state index is 13.4. The van der Waals surface area contributed by atoms with Gasteiger partial charge in [-0.25, -0.2) is 8.42 Å². The number of nitrogens with one attached hydrogen (secondary N) is 2. The van der Waals surface area contributed by atoms with Gasteiger partial charge < -0.3 is 14.8 Å². The van der Waals surface area contributed by atoms with E-state index >= 15 is 0 Å². The van der Waals surface area contributed by atoms with Crippen molar-refractivity contribution in [3.8, 4) is 5.75 Å². The molecule has 0 spiro atoms. The zero-order valence-corrected chi connectivity index (χ0v) is 23.5. The summed E-state index contributed by atoms with van der Waals surface area (Å²) in [5.41, 5.74) is 2.96. The van der Waals surface area contributed by atoms with E-state index < -0.39 is 15.3 Å². The molecule has 0 radical (unpaired) electrons. The molecule has 0 aromatic heterocycles. The third-order valence-corrected chi connectivity index (χ3v) is 8.92. The van der Waals surface area contributed by atoms with Crippen LogP contribution < -0.4 is 14.8 Å². The van der Waals surface area contributed by atoms with E-state index in [2.05, 4.69) is 21.0 Å². The Bertz CT molecular complexity index is 1350. The highest BCUT2D eigenvalue weighted by Crippen LogP contribution is 2.21. The molecule has 0 bridgehead atoms. The number of hydrogen-bond donors (Lipinski definition) is 2. The lowest BCUT2D eigenvalue weighted by Crippen LogP contribution is -2.46. The largest absolute Gasteiger partial charge is 0.497 e. The number of anilines is 1. The Labute approximate surface area is 231 Å². The summed E-state index contributed by atoms with van der Waals surface area (Å²) in [6.45, 7) is 5.30. The number of amides is 1. The first-order valence-corrected chi connectivity index (χ1v) is 14.8. The lowest BCUT2D eigenvalue weighted by Gasteiger charge is -2.25. The molecule has 3 atom stereocenters. The van der Waals surface area contributed by atoms with Crippen molar-refractivity contribution in [1.82, 2.24) is 10.2 Å². The number of methoxy groups -OCH3 is 1. The van der Waals surface area contributed by atoms with E-state index in [0.717, 1.165) is 16.9 Å². The third kappa shape index (κ3) is 7.81. The number of nitrogens with zero attached hydrogens (tertiary/aromatic N) is 1. The minimum absolute atomic E-state index is 0.216. The van der Waals surface area contributed by atoms with Crippen molar-refractivity contribution in [2.75, 3.05) is 25.1 Å². The Kier molecular flexibility index (Phi) is 9.61. The SMILES string of the molecule is CCC(C)S(=O)(=O)Nc1cccc(C(=O)N[C@@H](Cc2ccccc2)[C@H]2CN(Cc3cccc(OC)c3)CO2)c1. The summed E-state index contributed by atoms with van der Waals surface area (Å²) in [5.74, 6) is 0.530. The standard InChI is InChI=1S/C30H37N3O5S/c1-4-22(2)39(35,36)32-26-14-9-13-25(18-26)30(34)31-28(17-23-10-6-5-7-11-23)29-20-33(21-38-29)19-24-12-8-15-27(16-24)37-3/h5-16,18,22,28-29,32H,4,17,19-21H2,1-3H3,(H,31,34)/t22?,28-,29+/m0/s1. The second kappa shape index (κ2) is 13.1. The summed E-state index contributed by atoms with van der Waals surface area (Å²) in [7, 11) is -1.88. The maximum Gasteiger partial charge on any atom is 0.251 e. The predicted molar refractivity (Wildman–Crippen MR) is 153 cm³/mol. The van der Waals surface area contributed by atoms with Gasteiger partial charge in [0.05, 0.1) is 31.2 Å². The van der Waals surface area contributed by atoms with Crippen LogP contribution in [0.25, 0.3) is 0 Å². The summed E-state index contributed by atoms with van der Waals surface area (Å²) in [6.07, 6.45) is 0.879. The van der Waals surface area contributed by atoms with Crippen LogP contribution in [0.2, 0.25) is 0 Å². The molecule has 1 fully saturated rings. The van der Waals surface area contributed by atoms with Gasteiger partial charge in [0.25, 0.3) is 5.91 Å². The topological polar surface area (TPSA) is 97.0 Å². The molecule has 0 saturated carbocycles. The normalized spacial score (nSPS) is 17.4. The van der Waals surface area contributed by atoms with E-state index in [0.29, 0.717) is 43.9 Å². The Hall–Kier alpha value is -3.40. The fourth-order valence-electron chi connectivity index (χ4n) is 4.55. The highest BCUT2D eigenvalue weighted by Gasteiger charge is 2.32. The van der Waals surface area contributed by atoms with E-state index in [4.69, 9.17) is 9.47 Å². The zero-order chi connectivity index (χ0) is 27.8. The molecule has 1 heterocycles. The first kappa shape index (κ1) is 28.6. The van der Waals surface area contributed by atoms with Crippen LogP contribution in [0.5, 0.6) is 5.75 Å². The second-order valence-electron chi connectivity index (χ2n) is 9.91. The van der Waals surface area contributed by atoms with Crippen LogP contribution in [0.1, 0.15) is 41.8 Å². The van der Waals surface area contributed by atoms with Crippen molar-refractivity contribution in [2.24, 2.45) is 0 Å². The number of benzene rings is 3. The summed E-state index contributed by atoms with van der Waals surface area (Å²) < 4.78 is 39.2. The van der Waals surface area contributed by atoms with Gasteiger partial charge >= 0.3 is 0 Å². The molecule has 1 unspecified atom stereocenters. The molecular weight excluding hydrogens is 514 g/mol. The van der Waals surface area contributed by atoms with Crippen molar-refractivity contribution >= 4 is 21.6 Å². The van der Waals surface area contributed by atoms with Gasteiger partial charge in [-0.05, 0) is 61.2 Å². The summed E-state index contributed by atoms with van der Waals surface area (Å²) in [5, 5.41) is 2.63. The molecule has 4 rings (SSSR count). The van der Waals surface area contributed by atoms with Gasteiger partial charge in [0, 0.05) is 24.3 Å². The van der Waals surface area contributed by atoms with Gasteiger partial charge in [0.1, 0.15) is 5.75 Å². The van der Waals surface area contributed by atoms with Gasteiger partial charge in [0.2, 0.25) is 10.0 Å². The second-order valence-corrected chi connectivity index (χ2v) is 12.0. The lowest BCUT2D eigenvalue weighted by atomic mass is 10.00. The minimum atomic E-state index is -3.53. The molecule has 1 saturated heterocycles. The van der Waals surface area contributed by atoms with E-state index in [1.54, 1.807) is 38.3 Å². The molecule has 2 N–H and O–H groups in total.